The molecule has 1 unspecified atom stereocenters. The van der Waals surface area contributed by atoms with Gasteiger partial charge < -0.3 is 0 Å². The summed E-state index contributed by atoms with van der Waals surface area (Å²) in [6.07, 6.45) is 4.35. The normalized spacial score (nSPS) is 23.2. The minimum atomic E-state index is 0.650. The molecule has 0 saturated carbocycles. The molecule has 1 aromatic rings. The number of hydrogen-bond donors (Lipinski definition) is 0. The molecule has 0 N–H and O–H groups in total. The SMILES string of the molecule is Cn1ncc(CN2CCCC(CCl)C2)n1. The van der Waals surface area contributed by atoms with Gasteiger partial charge in [-0.1, -0.05) is 0 Å². The summed E-state index contributed by atoms with van der Waals surface area (Å²) >= 11 is 5.89. The van der Waals surface area contributed by atoms with Gasteiger partial charge in [0.25, 0.3) is 0 Å². The first-order valence-electron chi connectivity index (χ1n) is 5.41. The molecule has 1 fully saturated rings. The maximum absolute atomic E-state index is 5.89. The van der Waals surface area contributed by atoms with Crippen molar-refractivity contribution in [1.29, 1.82) is 0 Å². The van der Waals surface area contributed by atoms with E-state index in [1.807, 2.05) is 13.2 Å². The van der Waals surface area contributed by atoms with E-state index in [9.17, 15) is 0 Å². The van der Waals surface area contributed by atoms with E-state index in [0.717, 1.165) is 31.2 Å². The van der Waals surface area contributed by atoms with Gasteiger partial charge in [-0.25, -0.2) is 0 Å². The topological polar surface area (TPSA) is 34.0 Å². The Hall–Kier alpha value is -0.610. The van der Waals surface area contributed by atoms with Crippen LogP contribution in [0.3, 0.4) is 0 Å². The molecule has 0 amide bonds. The van der Waals surface area contributed by atoms with Crippen LogP contribution in [-0.4, -0.2) is 38.9 Å². The summed E-state index contributed by atoms with van der Waals surface area (Å²) in [5.41, 5.74) is 1.05. The highest BCUT2D eigenvalue weighted by Crippen LogP contribution is 2.18. The van der Waals surface area contributed by atoms with Crippen LogP contribution in [-0.2, 0) is 13.6 Å². The third-order valence-electron chi connectivity index (χ3n) is 2.85. The Bertz CT molecular complexity index is 312. The zero-order valence-corrected chi connectivity index (χ0v) is 9.82. The number of alkyl halides is 1. The standard InChI is InChI=1S/C10H17ClN4/c1-14-12-6-10(13-14)8-15-4-2-3-9(5-11)7-15/h6,9H,2-5,7-8H2,1H3. The van der Waals surface area contributed by atoms with E-state index >= 15 is 0 Å². The van der Waals surface area contributed by atoms with Crippen LogP contribution < -0.4 is 0 Å². The van der Waals surface area contributed by atoms with Gasteiger partial charge in [-0.15, -0.1) is 11.6 Å². The summed E-state index contributed by atoms with van der Waals surface area (Å²) in [7, 11) is 1.85. The van der Waals surface area contributed by atoms with Crippen molar-refractivity contribution in [3.63, 3.8) is 0 Å². The van der Waals surface area contributed by atoms with Crippen LogP contribution in [0.2, 0.25) is 0 Å². The maximum Gasteiger partial charge on any atom is 0.0967 e. The lowest BCUT2D eigenvalue weighted by atomic mass is 10.00. The van der Waals surface area contributed by atoms with Gasteiger partial charge in [0, 0.05) is 26.0 Å². The molecule has 0 aromatic carbocycles. The van der Waals surface area contributed by atoms with Crippen molar-refractivity contribution in [2.24, 2.45) is 13.0 Å². The predicted octanol–water partition coefficient (Wildman–Crippen LogP) is 1.27. The fourth-order valence-electron chi connectivity index (χ4n) is 2.11. The fraction of sp³-hybridized carbons (Fsp3) is 0.800. The number of likely N-dealkylation sites (tertiary alicyclic amines) is 1. The van der Waals surface area contributed by atoms with Gasteiger partial charge in [0.2, 0.25) is 0 Å². The van der Waals surface area contributed by atoms with Gasteiger partial charge in [0.15, 0.2) is 0 Å². The number of piperidine rings is 1. The molecule has 0 spiro atoms. The lowest BCUT2D eigenvalue weighted by Crippen LogP contribution is -2.35. The van der Waals surface area contributed by atoms with Crippen LogP contribution >= 0.6 is 11.6 Å². The molecule has 0 bridgehead atoms. The van der Waals surface area contributed by atoms with E-state index in [-0.39, 0.29) is 0 Å². The molecular weight excluding hydrogens is 212 g/mol. The summed E-state index contributed by atoms with van der Waals surface area (Å²) in [6, 6.07) is 0. The molecule has 1 atom stereocenters. The van der Waals surface area contributed by atoms with Gasteiger partial charge in [0.05, 0.1) is 11.9 Å². The quantitative estimate of drug-likeness (QED) is 0.731. The summed E-state index contributed by atoms with van der Waals surface area (Å²) in [5, 5.41) is 8.36. The largest absolute Gasteiger partial charge is 0.297 e. The van der Waals surface area contributed by atoms with Gasteiger partial charge in [-0.3, -0.25) is 4.90 Å². The third-order valence-corrected chi connectivity index (χ3v) is 3.29. The lowest BCUT2D eigenvalue weighted by molar-refractivity contribution is 0.176. The molecule has 2 heterocycles. The third kappa shape index (κ3) is 2.92. The van der Waals surface area contributed by atoms with E-state index in [4.69, 9.17) is 11.6 Å². The van der Waals surface area contributed by atoms with Crippen molar-refractivity contribution < 1.29 is 0 Å². The highest BCUT2D eigenvalue weighted by Gasteiger charge is 2.19. The molecule has 2 rings (SSSR count). The predicted molar refractivity (Wildman–Crippen MR) is 59.7 cm³/mol. The summed E-state index contributed by atoms with van der Waals surface area (Å²) < 4.78 is 0. The molecular formula is C10H17ClN4. The summed E-state index contributed by atoms with van der Waals surface area (Å²) in [5.74, 6) is 1.42. The molecule has 5 heteroatoms. The molecule has 4 nitrogen and oxygen atoms in total. The summed E-state index contributed by atoms with van der Waals surface area (Å²) in [6.45, 7) is 3.16. The number of aryl methyl sites for hydroxylation is 1. The van der Waals surface area contributed by atoms with Gasteiger partial charge in [-0.2, -0.15) is 15.0 Å². The smallest absolute Gasteiger partial charge is 0.0967 e. The molecule has 0 radical (unpaired) electrons. The Kier molecular flexibility index (Phi) is 3.59. The van der Waals surface area contributed by atoms with Crippen molar-refractivity contribution in [3.05, 3.63) is 11.9 Å². The fourth-order valence-corrected chi connectivity index (χ4v) is 2.36. The zero-order chi connectivity index (χ0) is 10.7. The lowest BCUT2D eigenvalue weighted by Gasteiger charge is -2.30. The Balaban J connectivity index is 1.88. The van der Waals surface area contributed by atoms with E-state index in [1.165, 1.54) is 12.8 Å². The van der Waals surface area contributed by atoms with Crippen molar-refractivity contribution in [3.8, 4) is 0 Å². The molecule has 1 aliphatic heterocycles. The van der Waals surface area contributed by atoms with E-state index in [1.54, 1.807) is 4.80 Å². The highest BCUT2D eigenvalue weighted by molar-refractivity contribution is 6.18. The first kappa shape index (κ1) is 10.9. The molecule has 84 valence electrons. The van der Waals surface area contributed by atoms with Crippen LogP contribution in [0.5, 0.6) is 0 Å². The molecule has 15 heavy (non-hydrogen) atoms. The van der Waals surface area contributed by atoms with Crippen LogP contribution in [0.25, 0.3) is 0 Å². The maximum atomic E-state index is 5.89. The van der Waals surface area contributed by atoms with Crippen molar-refractivity contribution in [2.45, 2.75) is 19.4 Å². The average molecular weight is 229 g/mol. The Labute approximate surface area is 95.2 Å². The van der Waals surface area contributed by atoms with Crippen LogP contribution in [0.4, 0.5) is 0 Å². The number of halogens is 1. The van der Waals surface area contributed by atoms with E-state index in [0.29, 0.717) is 5.92 Å². The molecule has 1 aromatic heterocycles. The first-order chi connectivity index (χ1) is 7.28. The van der Waals surface area contributed by atoms with E-state index < -0.39 is 0 Å². The van der Waals surface area contributed by atoms with Gasteiger partial charge in [-0.05, 0) is 25.3 Å². The second-order valence-corrected chi connectivity index (χ2v) is 4.53. The molecule has 1 saturated heterocycles. The Morgan fingerprint density at radius 3 is 3.13 bits per heavy atom. The number of nitrogens with zero attached hydrogens (tertiary/aromatic N) is 4. The number of rotatable bonds is 3. The van der Waals surface area contributed by atoms with Gasteiger partial charge in [0.1, 0.15) is 0 Å². The number of hydrogen-bond acceptors (Lipinski definition) is 3. The highest BCUT2D eigenvalue weighted by atomic mass is 35.5. The second kappa shape index (κ2) is 4.94. The minimum absolute atomic E-state index is 0.650. The van der Waals surface area contributed by atoms with Crippen LogP contribution in [0.1, 0.15) is 18.5 Å². The Morgan fingerprint density at radius 1 is 1.60 bits per heavy atom. The monoisotopic (exact) mass is 228 g/mol. The number of aromatic nitrogens is 3. The van der Waals surface area contributed by atoms with Crippen molar-refractivity contribution in [2.75, 3.05) is 19.0 Å². The van der Waals surface area contributed by atoms with Crippen LogP contribution in [0, 0.1) is 5.92 Å². The first-order valence-corrected chi connectivity index (χ1v) is 5.95. The van der Waals surface area contributed by atoms with Crippen molar-refractivity contribution >= 4 is 11.6 Å². The minimum Gasteiger partial charge on any atom is -0.297 e. The Morgan fingerprint density at radius 2 is 2.47 bits per heavy atom. The van der Waals surface area contributed by atoms with E-state index in [2.05, 4.69) is 15.1 Å². The van der Waals surface area contributed by atoms with Crippen molar-refractivity contribution in [1.82, 2.24) is 19.9 Å². The summed E-state index contributed by atoms with van der Waals surface area (Å²) in [4.78, 5) is 4.03. The molecule has 0 aliphatic carbocycles. The average Bonchev–Trinajstić information content (AvgIpc) is 2.64. The van der Waals surface area contributed by atoms with Gasteiger partial charge >= 0.3 is 0 Å². The van der Waals surface area contributed by atoms with Crippen LogP contribution in [0.15, 0.2) is 6.20 Å². The second-order valence-electron chi connectivity index (χ2n) is 4.22. The zero-order valence-electron chi connectivity index (χ0n) is 9.06. The molecule has 1 aliphatic rings.